The molecule has 3 nitrogen and oxygen atoms in total. The predicted molar refractivity (Wildman–Crippen MR) is 58.3 cm³/mol. The number of anilines is 1. The van der Waals surface area contributed by atoms with Gasteiger partial charge in [0.15, 0.2) is 0 Å². The van der Waals surface area contributed by atoms with E-state index in [9.17, 15) is 0 Å². The quantitative estimate of drug-likeness (QED) is 0.767. The van der Waals surface area contributed by atoms with Crippen molar-refractivity contribution in [3.63, 3.8) is 0 Å². The summed E-state index contributed by atoms with van der Waals surface area (Å²) in [5, 5.41) is 0. The highest BCUT2D eigenvalue weighted by Crippen LogP contribution is 2.45. The number of hydrogen-bond acceptors (Lipinski definition) is 3. The fraction of sp³-hybridized carbons (Fsp3) is 0.600. The number of hydrogen-bond donors (Lipinski definition) is 0. The van der Waals surface area contributed by atoms with Gasteiger partial charge < -0.3 is 4.90 Å². The smallest absolute Gasteiger partial charge is 0.225 e. The van der Waals surface area contributed by atoms with Gasteiger partial charge in [-0.25, -0.2) is 9.97 Å². The van der Waals surface area contributed by atoms with Crippen LogP contribution in [0, 0.1) is 18.8 Å². The molecule has 0 bridgehead atoms. The Morgan fingerprint density at radius 1 is 1.43 bits per heavy atom. The van der Waals surface area contributed by atoms with Crippen LogP contribution in [-0.4, -0.2) is 23.1 Å². The first-order valence-corrected chi connectivity index (χ1v) is 5.77. The van der Waals surface area contributed by atoms with Crippen LogP contribution in [0.2, 0.25) is 0 Å². The highest BCUT2D eigenvalue weighted by molar-refractivity contribution is 9.10. The second-order valence-corrected chi connectivity index (χ2v) is 5.12. The minimum absolute atomic E-state index is 0.901. The molecule has 1 aromatic rings. The lowest BCUT2D eigenvalue weighted by Crippen LogP contribution is -2.24. The first-order valence-electron chi connectivity index (χ1n) is 4.98. The lowest BCUT2D eigenvalue weighted by atomic mass is 10.4. The third-order valence-corrected chi connectivity index (χ3v) is 3.95. The van der Waals surface area contributed by atoms with Crippen LogP contribution in [0.5, 0.6) is 0 Å². The summed E-state index contributed by atoms with van der Waals surface area (Å²) in [5.74, 6) is 2.77. The van der Waals surface area contributed by atoms with Crippen molar-refractivity contribution in [2.45, 2.75) is 13.3 Å². The van der Waals surface area contributed by atoms with Gasteiger partial charge in [0, 0.05) is 19.3 Å². The molecular formula is C10H12BrN3. The van der Waals surface area contributed by atoms with Crippen molar-refractivity contribution in [1.29, 1.82) is 0 Å². The van der Waals surface area contributed by atoms with E-state index >= 15 is 0 Å². The Bertz CT molecular complexity index is 370. The molecule has 1 saturated carbocycles. The van der Waals surface area contributed by atoms with E-state index in [0.717, 1.165) is 41.0 Å². The Morgan fingerprint density at radius 2 is 2.14 bits per heavy atom. The van der Waals surface area contributed by atoms with E-state index in [1.165, 1.54) is 6.42 Å². The maximum atomic E-state index is 4.48. The molecule has 1 aliphatic carbocycles. The Labute approximate surface area is 91.7 Å². The molecule has 1 aliphatic heterocycles. The Kier molecular flexibility index (Phi) is 1.81. The number of aryl methyl sites for hydroxylation is 1. The fourth-order valence-electron chi connectivity index (χ4n) is 2.15. The van der Waals surface area contributed by atoms with Crippen LogP contribution in [0.25, 0.3) is 0 Å². The minimum Gasteiger partial charge on any atom is -0.340 e. The average molecular weight is 254 g/mol. The first-order chi connectivity index (χ1) is 6.74. The average Bonchev–Trinajstić information content (AvgIpc) is 2.78. The van der Waals surface area contributed by atoms with Gasteiger partial charge in [0.05, 0.1) is 10.2 Å². The molecule has 1 saturated heterocycles. The molecule has 2 aliphatic rings. The molecule has 3 rings (SSSR count). The third-order valence-electron chi connectivity index (χ3n) is 3.17. The molecular weight excluding hydrogens is 242 g/mol. The van der Waals surface area contributed by atoms with Gasteiger partial charge in [0.25, 0.3) is 0 Å². The highest BCUT2D eigenvalue weighted by atomic mass is 79.9. The standard InChI is InChI=1S/C10H12BrN3/c1-6-9(11)3-12-10(13-6)14-4-7-2-8(7)5-14/h3,7-8H,2,4-5H2,1H3/t7-,8+. The molecule has 0 spiro atoms. The number of rotatable bonds is 1. The molecule has 1 aromatic heterocycles. The zero-order chi connectivity index (χ0) is 9.71. The summed E-state index contributed by atoms with van der Waals surface area (Å²) in [5.41, 5.74) is 1.02. The van der Waals surface area contributed by atoms with Crippen LogP contribution in [-0.2, 0) is 0 Å². The van der Waals surface area contributed by atoms with Crippen molar-refractivity contribution in [3.05, 3.63) is 16.4 Å². The minimum atomic E-state index is 0.901. The van der Waals surface area contributed by atoms with Crippen molar-refractivity contribution in [1.82, 2.24) is 9.97 Å². The molecule has 0 amide bonds. The van der Waals surface area contributed by atoms with Gasteiger partial charge in [-0.15, -0.1) is 0 Å². The van der Waals surface area contributed by atoms with Gasteiger partial charge in [-0.2, -0.15) is 0 Å². The van der Waals surface area contributed by atoms with Crippen molar-refractivity contribution in [2.24, 2.45) is 11.8 Å². The molecule has 0 radical (unpaired) electrons. The van der Waals surface area contributed by atoms with E-state index < -0.39 is 0 Å². The monoisotopic (exact) mass is 253 g/mol. The van der Waals surface area contributed by atoms with Crippen molar-refractivity contribution in [2.75, 3.05) is 18.0 Å². The van der Waals surface area contributed by atoms with Crippen LogP contribution < -0.4 is 4.90 Å². The maximum absolute atomic E-state index is 4.48. The van der Waals surface area contributed by atoms with Crippen molar-refractivity contribution < 1.29 is 0 Å². The predicted octanol–water partition coefficient (Wildman–Crippen LogP) is 2.00. The van der Waals surface area contributed by atoms with E-state index in [4.69, 9.17) is 0 Å². The van der Waals surface area contributed by atoms with Crippen LogP contribution >= 0.6 is 15.9 Å². The summed E-state index contributed by atoms with van der Waals surface area (Å²) in [4.78, 5) is 11.1. The van der Waals surface area contributed by atoms with Crippen LogP contribution in [0.3, 0.4) is 0 Å². The van der Waals surface area contributed by atoms with Gasteiger partial charge in [0.2, 0.25) is 5.95 Å². The second kappa shape index (κ2) is 2.92. The van der Waals surface area contributed by atoms with Crippen LogP contribution in [0.15, 0.2) is 10.7 Å². The summed E-state index contributed by atoms with van der Waals surface area (Å²) in [6.07, 6.45) is 3.27. The number of piperidine rings is 1. The van der Waals surface area contributed by atoms with E-state index in [-0.39, 0.29) is 0 Å². The molecule has 2 heterocycles. The van der Waals surface area contributed by atoms with Crippen molar-refractivity contribution in [3.8, 4) is 0 Å². The van der Waals surface area contributed by atoms with Crippen LogP contribution in [0.1, 0.15) is 12.1 Å². The Morgan fingerprint density at radius 3 is 2.79 bits per heavy atom. The first kappa shape index (κ1) is 8.65. The van der Waals surface area contributed by atoms with Gasteiger partial charge in [-0.3, -0.25) is 0 Å². The highest BCUT2D eigenvalue weighted by Gasteiger charge is 2.45. The Balaban J connectivity index is 1.86. The van der Waals surface area contributed by atoms with Gasteiger partial charge >= 0.3 is 0 Å². The number of nitrogens with zero attached hydrogens (tertiary/aromatic N) is 3. The van der Waals surface area contributed by atoms with E-state index in [1.54, 1.807) is 0 Å². The van der Waals surface area contributed by atoms with Crippen molar-refractivity contribution >= 4 is 21.9 Å². The summed E-state index contributed by atoms with van der Waals surface area (Å²) < 4.78 is 0.991. The lowest BCUT2D eigenvalue weighted by molar-refractivity contribution is 0.782. The topological polar surface area (TPSA) is 29.0 Å². The van der Waals surface area contributed by atoms with Gasteiger partial charge in [-0.1, -0.05) is 0 Å². The van der Waals surface area contributed by atoms with E-state index in [0.29, 0.717) is 0 Å². The lowest BCUT2D eigenvalue weighted by Gasteiger charge is -2.17. The largest absolute Gasteiger partial charge is 0.340 e. The number of fused-ring (bicyclic) bond motifs is 1. The molecule has 0 aromatic carbocycles. The summed E-state index contributed by atoms with van der Waals surface area (Å²) >= 11 is 3.42. The third kappa shape index (κ3) is 1.32. The van der Waals surface area contributed by atoms with Crippen LogP contribution in [0.4, 0.5) is 5.95 Å². The Hall–Kier alpha value is -0.640. The summed E-state index contributed by atoms with van der Waals surface area (Å²) in [7, 11) is 0. The molecule has 0 unspecified atom stereocenters. The second-order valence-electron chi connectivity index (χ2n) is 4.26. The van der Waals surface area contributed by atoms with Gasteiger partial charge in [0.1, 0.15) is 0 Å². The number of halogens is 1. The van der Waals surface area contributed by atoms with E-state index in [2.05, 4.69) is 30.8 Å². The van der Waals surface area contributed by atoms with Gasteiger partial charge in [-0.05, 0) is 41.1 Å². The SMILES string of the molecule is Cc1nc(N2C[C@H]3C[C@H]3C2)ncc1Br. The number of aromatic nitrogens is 2. The zero-order valence-electron chi connectivity index (χ0n) is 8.07. The fourth-order valence-corrected chi connectivity index (χ4v) is 2.34. The summed E-state index contributed by atoms with van der Waals surface area (Å²) in [6, 6.07) is 0. The normalized spacial score (nSPS) is 29.1. The molecule has 4 heteroatoms. The maximum Gasteiger partial charge on any atom is 0.225 e. The molecule has 2 atom stereocenters. The molecule has 14 heavy (non-hydrogen) atoms. The molecule has 74 valence electrons. The zero-order valence-corrected chi connectivity index (χ0v) is 9.66. The summed E-state index contributed by atoms with van der Waals surface area (Å²) in [6.45, 7) is 4.32. The molecule has 0 N–H and O–H groups in total. The van der Waals surface area contributed by atoms with E-state index in [1.807, 2.05) is 13.1 Å². The molecule has 2 fully saturated rings.